The van der Waals surface area contributed by atoms with Crippen LogP contribution in [0, 0.1) is 22.6 Å². The maximum atomic E-state index is 16.4. The van der Waals surface area contributed by atoms with Crippen molar-refractivity contribution in [2.24, 2.45) is 5.41 Å². The van der Waals surface area contributed by atoms with Crippen molar-refractivity contribution in [1.82, 2.24) is 14.8 Å². The van der Waals surface area contributed by atoms with E-state index in [2.05, 4.69) is 41.6 Å². The molecule has 1 aliphatic carbocycles. The first-order chi connectivity index (χ1) is 23.4. The van der Waals surface area contributed by atoms with Gasteiger partial charge in [0.25, 0.3) is 5.91 Å². The Bertz CT molecular complexity index is 2140. The predicted molar refractivity (Wildman–Crippen MR) is 186 cm³/mol. The zero-order chi connectivity index (χ0) is 33.0. The summed E-state index contributed by atoms with van der Waals surface area (Å²) in [7, 11) is 2.10. The van der Waals surface area contributed by atoms with Crippen molar-refractivity contribution in [2.75, 3.05) is 38.1 Å². The van der Waals surface area contributed by atoms with E-state index in [1.807, 2.05) is 45.9 Å². The van der Waals surface area contributed by atoms with E-state index in [-0.39, 0.29) is 22.4 Å². The van der Waals surface area contributed by atoms with Gasteiger partial charge in [-0.2, -0.15) is 5.26 Å². The Morgan fingerprint density at radius 2 is 1.92 bits per heavy atom. The van der Waals surface area contributed by atoms with Crippen LogP contribution in [-0.4, -0.2) is 54.6 Å². The smallest absolute Gasteiger partial charge is 0.256 e. The van der Waals surface area contributed by atoms with Crippen LogP contribution in [0.4, 0.5) is 10.1 Å². The first-order valence-electron chi connectivity index (χ1n) is 17.0. The van der Waals surface area contributed by atoms with Crippen LogP contribution in [0.25, 0.3) is 27.4 Å². The summed E-state index contributed by atoms with van der Waals surface area (Å²) in [4.78, 5) is 31.8. The number of nitriles is 1. The summed E-state index contributed by atoms with van der Waals surface area (Å²) in [6.45, 7) is 2.39. The molecule has 3 aliphatic heterocycles. The van der Waals surface area contributed by atoms with Gasteiger partial charge in [0, 0.05) is 31.9 Å². The summed E-state index contributed by atoms with van der Waals surface area (Å²) < 4.78 is 24.8. The third-order valence-electron chi connectivity index (χ3n) is 10.8. The first kappa shape index (κ1) is 30.4. The summed E-state index contributed by atoms with van der Waals surface area (Å²) in [6, 6.07) is 16.0. The van der Waals surface area contributed by atoms with Gasteiger partial charge in [-0.1, -0.05) is 42.5 Å². The zero-order valence-corrected chi connectivity index (χ0v) is 27.1. The SMILES string of the molecule is CN1CCCC1CCNC(=O)c1cn2c3c(c(N4CCC(C#N)(C5=CCCC=C5)CC4)c(F)cc3c1=O)Oc1cc3ccccc3cc1-2. The number of likely N-dealkylation sites (tertiary alicyclic amines) is 1. The highest BCUT2D eigenvalue weighted by molar-refractivity contribution is 6.02. The van der Waals surface area contributed by atoms with Crippen molar-refractivity contribution in [3.05, 3.63) is 94.1 Å². The van der Waals surface area contributed by atoms with Crippen LogP contribution in [-0.2, 0) is 0 Å². The van der Waals surface area contributed by atoms with Crippen LogP contribution >= 0.6 is 0 Å². The standard InChI is InChI=1S/C39H38FN5O3/c1-43-17-7-12-28(43)13-16-42-38(47)30-23-45-32-20-25-8-5-6-9-26(25)21-33(32)48-37-34(45)29(36(30)46)22-31(40)35(37)44-18-14-39(24-41,15-19-44)27-10-3-2-4-11-27/h3,5-6,8-11,20-23,28H,2,4,7,12-19H2,1H3,(H,42,47). The number of anilines is 1. The molecule has 2 saturated heterocycles. The van der Waals surface area contributed by atoms with E-state index in [9.17, 15) is 14.9 Å². The molecule has 0 spiro atoms. The summed E-state index contributed by atoms with van der Waals surface area (Å²) in [5.74, 6) is -0.300. The predicted octanol–water partition coefficient (Wildman–Crippen LogP) is 6.99. The lowest BCUT2D eigenvalue weighted by atomic mass is 9.72. The second kappa shape index (κ2) is 11.9. The number of amides is 1. The summed E-state index contributed by atoms with van der Waals surface area (Å²) in [5, 5.41) is 15.3. The highest BCUT2D eigenvalue weighted by Crippen LogP contribution is 2.49. The Hall–Kier alpha value is -4.94. The molecule has 1 unspecified atom stereocenters. The van der Waals surface area contributed by atoms with Crippen molar-refractivity contribution >= 4 is 33.3 Å². The van der Waals surface area contributed by atoms with E-state index in [1.165, 1.54) is 6.07 Å². The molecule has 4 aliphatic rings. The molecule has 8 nitrogen and oxygen atoms in total. The third-order valence-corrected chi connectivity index (χ3v) is 10.8. The molecule has 1 amide bonds. The maximum absolute atomic E-state index is 16.4. The van der Waals surface area contributed by atoms with Crippen LogP contribution < -0.4 is 20.4 Å². The molecule has 244 valence electrons. The molecule has 1 atom stereocenters. The second-order valence-corrected chi connectivity index (χ2v) is 13.6. The Labute approximate surface area is 278 Å². The second-order valence-electron chi connectivity index (χ2n) is 13.6. The molecular weight excluding hydrogens is 605 g/mol. The number of nitrogens with one attached hydrogen (secondary N) is 1. The molecule has 48 heavy (non-hydrogen) atoms. The molecule has 1 N–H and O–H groups in total. The number of carbonyl (C=O) groups excluding carboxylic acids is 1. The molecule has 8 rings (SSSR count). The van der Waals surface area contributed by atoms with Crippen molar-refractivity contribution in [2.45, 2.75) is 51.0 Å². The quantitative estimate of drug-likeness (QED) is 0.215. The van der Waals surface area contributed by atoms with Gasteiger partial charge in [0.15, 0.2) is 17.3 Å². The Kier molecular flexibility index (Phi) is 7.56. The number of allylic oxidation sites excluding steroid dienone is 4. The zero-order valence-electron chi connectivity index (χ0n) is 27.1. The number of piperidine rings is 1. The molecule has 3 aromatic carbocycles. The van der Waals surface area contributed by atoms with Crippen LogP contribution in [0.2, 0.25) is 0 Å². The van der Waals surface area contributed by atoms with Crippen LogP contribution in [0.15, 0.2) is 77.3 Å². The van der Waals surface area contributed by atoms with Gasteiger partial charge in [-0.05, 0) is 93.1 Å². The van der Waals surface area contributed by atoms with Crippen LogP contribution in [0.5, 0.6) is 11.5 Å². The van der Waals surface area contributed by atoms with E-state index < -0.39 is 22.6 Å². The van der Waals surface area contributed by atoms with Gasteiger partial charge in [0.2, 0.25) is 5.43 Å². The maximum Gasteiger partial charge on any atom is 0.256 e. The molecule has 0 bridgehead atoms. The minimum atomic E-state index is -0.623. The van der Waals surface area contributed by atoms with E-state index in [1.54, 1.807) is 6.20 Å². The van der Waals surface area contributed by atoms with Crippen molar-refractivity contribution in [1.29, 1.82) is 5.26 Å². The van der Waals surface area contributed by atoms with Gasteiger partial charge in [-0.3, -0.25) is 9.59 Å². The van der Waals surface area contributed by atoms with E-state index >= 15 is 4.39 Å². The van der Waals surface area contributed by atoms with Gasteiger partial charge < -0.3 is 24.4 Å². The number of halogens is 1. The average Bonchev–Trinajstić information content (AvgIpc) is 3.53. The van der Waals surface area contributed by atoms with Crippen LogP contribution in [0.1, 0.15) is 55.3 Å². The number of hydrogen-bond donors (Lipinski definition) is 1. The van der Waals surface area contributed by atoms with Gasteiger partial charge >= 0.3 is 0 Å². The molecule has 1 aromatic heterocycles. The number of nitrogens with zero attached hydrogens (tertiary/aromatic N) is 4. The molecule has 0 saturated carbocycles. The number of fused-ring (bicyclic) bond motifs is 3. The number of rotatable bonds is 6. The molecule has 9 heteroatoms. The molecule has 4 heterocycles. The number of pyridine rings is 1. The fourth-order valence-corrected chi connectivity index (χ4v) is 8.08. The molecule has 4 aromatic rings. The lowest BCUT2D eigenvalue weighted by Crippen LogP contribution is -2.41. The molecule has 0 radical (unpaired) electrons. The largest absolute Gasteiger partial charge is 0.451 e. The van der Waals surface area contributed by atoms with Crippen molar-refractivity contribution in [3.8, 4) is 23.3 Å². The first-order valence-corrected chi connectivity index (χ1v) is 17.0. The number of carbonyl (C=O) groups is 1. The molecular formula is C39H38FN5O3. The van der Waals surface area contributed by atoms with E-state index in [0.717, 1.165) is 55.0 Å². The molecule has 2 fully saturated rings. The van der Waals surface area contributed by atoms with Gasteiger partial charge in [0.1, 0.15) is 16.8 Å². The van der Waals surface area contributed by atoms with Crippen molar-refractivity contribution < 1.29 is 13.9 Å². The lowest BCUT2D eigenvalue weighted by molar-refractivity contribution is 0.0949. The fourth-order valence-electron chi connectivity index (χ4n) is 8.08. The fraction of sp³-hybridized carbons (Fsp3) is 0.359. The van der Waals surface area contributed by atoms with Gasteiger partial charge in [0.05, 0.1) is 22.6 Å². The lowest BCUT2D eigenvalue weighted by Gasteiger charge is -2.40. The highest BCUT2D eigenvalue weighted by atomic mass is 19.1. The van der Waals surface area contributed by atoms with E-state index in [4.69, 9.17) is 4.74 Å². The summed E-state index contributed by atoms with van der Waals surface area (Å²) in [5.41, 5.74) is 1.22. The topological polar surface area (TPSA) is 90.6 Å². The monoisotopic (exact) mass is 643 g/mol. The van der Waals surface area contributed by atoms with Crippen molar-refractivity contribution in [3.63, 3.8) is 0 Å². The minimum absolute atomic E-state index is 0.0352. The van der Waals surface area contributed by atoms with Gasteiger partial charge in [-0.15, -0.1) is 0 Å². The average molecular weight is 644 g/mol. The summed E-state index contributed by atoms with van der Waals surface area (Å²) >= 11 is 0. The van der Waals surface area contributed by atoms with Crippen LogP contribution in [0.3, 0.4) is 0 Å². The number of benzene rings is 3. The Morgan fingerprint density at radius 1 is 1.12 bits per heavy atom. The summed E-state index contributed by atoms with van der Waals surface area (Å²) in [6.07, 6.45) is 13.9. The minimum Gasteiger partial charge on any atom is -0.451 e. The van der Waals surface area contributed by atoms with Gasteiger partial charge in [-0.25, -0.2) is 4.39 Å². The number of hydrogen-bond acceptors (Lipinski definition) is 6. The number of aromatic nitrogens is 1. The normalized spacial score (nSPS) is 19.9. The third kappa shape index (κ3) is 4.98. The Balaban J connectivity index is 1.21. The highest BCUT2D eigenvalue weighted by Gasteiger charge is 2.40. The Morgan fingerprint density at radius 3 is 2.62 bits per heavy atom. The van der Waals surface area contributed by atoms with E-state index in [0.29, 0.717) is 55.5 Å². The number of ether oxygens (including phenoxy) is 1.